The topological polar surface area (TPSA) is 69.4 Å². The Morgan fingerprint density at radius 2 is 2.05 bits per heavy atom. The first-order valence-corrected chi connectivity index (χ1v) is 6.76. The number of nitrogens with zero attached hydrogens (tertiary/aromatic N) is 1. The maximum absolute atomic E-state index is 11.9. The van der Waals surface area contributed by atoms with Crippen LogP contribution >= 0.6 is 11.3 Å². The van der Waals surface area contributed by atoms with Crippen LogP contribution in [0.1, 0.15) is 20.1 Å². The molecule has 0 radical (unpaired) electrons. The molecule has 104 valence electrons. The van der Waals surface area contributed by atoms with Crippen molar-refractivity contribution in [2.45, 2.75) is 13.8 Å². The molecule has 0 aliphatic carbocycles. The second-order valence-electron chi connectivity index (χ2n) is 4.33. The van der Waals surface area contributed by atoms with Gasteiger partial charge in [-0.3, -0.25) is 14.9 Å². The van der Waals surface area contributed by atoms with Crippen LogP contribution in [-0.2, 0) is 0 Å². The summed E-state index contributed by atoms with van der Waals surface area (Å²) in [7, 11) is 0. The van der Waals surface area contributed by atoms with Gasteiger partial charge >= 0.3 is 0 Å². The summed E-state index contributed by atoms with van der Waals surface area (Å²) in [6.45, 7) is 3.49. The zero-order valence-electron chi connectivity index (χ0n) is 11.1. The number of carbonyl (C=O) groups is 1. The Morgan fingerprint density at radius 1 is 1.30 bits per heavy atom. The van der Waals surface area contributed by atoms with Gasteiger partial charge < -0.3 is 4.74 Å². The minimum absolute atomic E-state index is 0.0394. The highest BCUT2D eigenvalue weighted by Gasteiger charge is 2.12. The van der Waals surface area contributed by atoms with E-state index in [1.165, 1.54) is 23.5 Å². The van der Waals surface area contributed by atoms with E-state index in [-0.39, 0.29) is 18.1 Å². The van der Waals surface area contributed by atoms with Crippen molar-refractivity contribution < 1.29 is 14.5 Å². The van der Waals surface area contributed by atoms with Crippen LogP contribution in [0, 0.1) is 24.0 Å². The third-order valence-corrected chi connectivity index (χ3v) is 3.79. The van der Waals surface area contributed by atoms with Gasteiger partial charge in [-0.05, 0) is 38.1 Å². The number of ether oxygens (including phenoxy) is 1. The summed E-state index contributed by atoms with van der Waals surface area (Å²) in [6, 6.07) is 8.09. The fraction of sp³-hybridized carbons (Fsp3) is 0.214. The quantitative estimate of drug-likeness (QED) is 0.480. The van der Waals surface area contributed by atoms with E-state index >= 15 is 0 Å². The van der Waals surface area contributed by atoms with Gasteiger partial charge in [-0.25, -0.2) is 0 Å². The lowest BCUT2D eigenvalue weighted by atomic mass is 10.2. The van der Waals surface area contributed by atoms with Crippen molar-refractivity contribution >= 4 is 22.8 Å². The molecule has 2 rings (SSSR count). The molecule has 2 aromatic rings. The first-order chi connectivity index (χ1) is 9.47. The summed E-state index contributed by atoms with van der Waals surface area (Å²) in [5.41, 5.74) is 0.546. The highest BCUT2D eigenvalue weighted by atomic mass is 32.1. The minimum Gasteiger partial charge on any atom is -0.485 e. The molecule has 0 unspecified atom stereocenters. The van der Waals surface area contributed by atoms with Crippen molar-refractivity contribution in [1.29, 1.82) is 0 Å². The van der Waals surface area contributed by atoms with Crippen LogP contribution in [0.2, 0.25) is 0 Å². The van der Waals surface area contributed by atoms with Gasteiger partial charge in [0.25, 0.3) is 5.69 Å². The third-order valence-electron chi connectivity index (χ3n) is 2.75. The van der Waals surface area contributed by atoms with E-state index in [0.29, 0.717) is 16.2 Å². The number of hydrogen-bond acceptors (Lipinski definition) is 5. The molecule has 0 saturated carbocycles. The lowest BCUT2D eigenvalue weighted by Gasteiger charge is -2.05. The van der Waals surface area contributed by atoms with E-state index < -0.39 is 4.92 Å². The molecule has 0 fully saturated rings. The standard InChI is InChI=1S/C14H13NO4S/c1-9-7-11(4-5-12(9)15(17)18)19-8-13(16)14-6-3-10(2)20-14/h3-7H,8H2,1-2H3. The molecule has 5 nitrogen and oxygen atoms in total. The van der Waals surface area contributed by atoms with Gasteiger partial charge in [-0.2, -0.15) is 0 Å². The van der Waals surface area contributed by atoms with E-state index in [2.05, 4.69) is 0 Å². The number of ketones is 1. The third kappa shape index (κ3) is 3.21. The van der Waals surface area contributed by atoms with Gasteiger partial charge in [-0.15, -0.1) is 11.3 Å². The van der Waals surface area contributed by atoms with Crippen LogP contribution in [0.25, 0.3) is 0 Å². The number of hydrogen-bond donors (Lipinski definition) is 0. The van der Waals surface area contributed by atoms with Crippen molar-refractivity contribution in [3.8, 4) is 5.75 Å². The zero-order valence-corrected chi connectivity index (χ0v) is 11.9. The first-order valence-electron chi connectivity index (χ1n) is 5.95. The molecule has 0 saturated heterocycles. The summed E-state index contributed by atoms with van der Waals surface area (Å²) in [5.74, 6) is 0.355. The molecule has 0 bridgehead atoms. The van der Waals surface area contributed by atoms with Crippen LogP contribution in [0.5, 0.6) is 5.75 Å². The number of Topliss-reactive ketones (excluding diaryl/α,β-unsaturated/α-hetero) is 1. The molecule has 1 aromatic heterocycles. The average Bonchev–Trinajstić information content (AvgIpc) is 2.82. The van der Waals surface area contributed by atoms with Gasteiger partial charge in [0.05, 0.1) is 9.80 Å². The van der Waals surface area contributed by atoms with Crippen molar-refractivity contribution in [1.82, 2.24) is 0 Å². The summed E-state index contributed by atoms with van der Waals surface area (Å²) in [6.07, 6.45) is 0. The summed E-state index contributed by atoms with van der Waals surface area (Å²) >= 11 is 1.42. The number of rotatable bonds is 5. The Balaban J connectivity index is 2.02. The number of nitro groups is 1. The number of carbonyl (C=O) groups excluding carboxylic acids is 1. The monoisotopic (exact) mass is 291 g/mol. The molecule has 0 amide bonds. The smallest absolute Gasteiger partial charge is 0.272 e. The Kier molecular flexibility index (Phi) is 4.14. The van der Waals surface area contributed by atoms with Crippen molar-refractivity contribution in [2.24, 2.45) is 0 Å². The van der Waals surface area contributed by atoms with Crippen molar-refractivity contribution in [3.05, 3.63) is 55.8 Å². The fourth-order valence-corrected chi connectivity index (χ4v) is 2.52. The number of aryl methyl sites for hydroxylation is 2. The van der Waals surface area contributed by atoms with Gasteiger partial charge in [0.2, 0.25) is 5.78 Å². The lowest BCUT2D eigenvalue weighted by molar-refractivity contribution is -0.385. The molecule has 1 heterocycles. The average molecular weight is 291 g/mol. The molecule has 0 aliphatic heterocycles. The zero-order chi connectivity index (χ0) is 14.7. The molecule has 0 N–H and O–H groups in total. The molecular formula is C14H13NO4S. The molecule has 0 spiro atoms. The van der Waals surface area contributed by atoms with E-state index in [0.717, 1.165) is 4.88 Å². The number of nitro benzene ring substituents is 1. The van der Waals surface area contributed by atoms with Crippen LogP contribution < -0.4 is 4.74 Å². The van der Waals surface area contributed by atoms with Crippen molar-refractivity contribution in [3.63, 3.8) is 0 Å². The SMILES string of the molecule is Cc1ccc(C(=O)COc2ccc([N+](=O)[O-])c(C)c2)s1. The fourth-order valence-electron chi connectivity index (χ4n) is 1.73. The van der Waals surface area contributed by atoms with Crippen LogP contribution in [0.3, 0.4) is 0 Å². The molecule has 0 aliphatic rings. The maximum atomic E-state index is 11.9. The highest BCUT2D eigenvalue weighted by Crippen LogP contribution is 2.23. The van der Waals surface area contributed by atoms with Crippen molar-refractivity contribution in [2.75, 3.05) is 6.61 Å². The maximum Gasteiger partial charge on any atom is 0.272 e. The number of thiophene rings is 1. The predicted molar refractivity (Wildman–Crippen MR) is 76.7 cm³/mol. The largest absolute Gasteiger partial charge is 0.485 e. The molecular weight excluding hydrogens is 278 g/mol. The molecule has 0 atom stereocenters. The van der Waals surface area contributed by atoms with Gasteiger partial charge in [-0.1, -0.05) is 0 Å². The molecule has 1 aromatic carbocycles. The lowest BCUT2D eigenvalue weighted by Crippen LogP contribution is -2.10. The molecule has 6 heteroatoms. The number of benzene rings is 1. The highest BCUT2D eigenvalue weighted by molar-refractivity contribution is 7.14. The normalized spacial score (nSPS) is 10.3. The van der Waals surface area contributed by atoms with Gasteiger partial charge in [0, 0.05) is 16.5 Å². The van der Waals surface area contributed by atoms with E-state index in [4.69, 9.17) is 4.74 Å². The summed E-state index contributed by atoms with van der Waals surface area (Å²) in [5, 5.41) is 10.7. The Bertz CT molecular complexity index is 663. The predicted octanol–water partition coefficient (Wildman–Crippen LogP) is 3.53. The summed E-state index contributed by atoms with van der Waals surface area (Å²) in [4.78, 5) is 23.8. The Labute approximate surface area is 120 Å². The van der Waals surface area contributed by atoms with E-state index in [9.17, 15) is 14.9 Å². The second kappa shape index (κ2) is 5.83. The Morgan fingerprint density at radius 3 is 2.60 bits per heavy atom. The van der Waals surface area contributed by atoms with E-state index in [1.807, 2.05) is 13.0 Å². The van der Waals surface area contributed by atoms with Crippen LogP contribution in [0.15, 0.2) is 30.3 Å². The molecule has 20 heavy (non-hydrogen) atoms. The summed E-state index contributed by atoms with van der Waals surface area (Å²) < 4.78 is 5.38. The Hall–Kier alpha value is -2.21. The van der Waals surface area contributed by atoms with E-state index in [1.54, 1.807) is 19.1 Å². The van der Waals surface area contributed by atoms with Crippen LogP contribution in [0.4, 0.5) is 5.69 Å². The first kappa shape index (κ1) is 14.2. The van der Waals surface area contributed by atoms with Gasteiger partial charge in [0.1, 0.15) is 5.75 Å². The second-order valence-corrected chi connectivity index (χ2v) is 5.62. The van der Waals surface area contributed by atoms with Gasteiger partial charge in [0.15, 0.2) is 6.61 Å². The minimum atomic E-state index is -0.446. The van der Waals surface area contributed by atoms with Crippen LogP contribution in [-0.4, -0.2) is 17.3 Å².